The van der Waals surface area contributed by atoms with Crippen LogP contribution in [0.15, 0.2) is 58.8 Å². The summed E-state index contributed by atoms with van der Waals surface area (Å²) < 4.78 is 0. The molecule has 0 atom stereocenters. The summed E-state index contributed by atoms with van der Waals surface area (Å²) in [7, 11) is 0. The Morgan fingerprint density at radius 1 is 0.750 bits per heavy atom. The van der Waals surface area contributed by atoms with Crippen molar-refractivity contribution in [2.75, 3.05) is 0 Å². The van der Waals surface area contributed by atoms with Crippen LogP contribution in [0, 0.1) is 0 Å². The zero-order chi connectivity index (χ0) is 14.6. The van der Waals surface area contributed by atoms with E-state index in [1.807, 2.05) is 24.3 Å². The van der Waals surface area contributed by atoms with Crippen molar-refractivity contribution in [3.63, 3.8) is 0 Å². The Hall–Kier alpha value is -1.96. The number of nitrogens with zero attached hydrogens (tertiary/aromatic N) is 2. The molecule has 0 fully saturated rings. The molecule has 0 aliphatic heterocycles. The topological polar surface area (TPSA) is 24.7 Å². The van der Waals surface area contributed by atoms with Gasteiger partial charge in [0.1, 0.15) is 0 Å². The van der Waals surface area contributed by atoms with Crippen LogP contribution in [-0.4, -0.2) is 0 Å². The molecule has 0 heterocycles. The van der Waals surface area contributed by atoms with Crippen LogP contribution in [0.1, 0.15) is 38.8 Å². The van der Waals surface area contributed by atoms with Gasteiger partial charge in [-0.15, -0.1) is 0 Å². The van der Waals surface area contributed by atoms with Gasteiger partial charge in [0.25, 0.3) is 0 Å². The maximum atomic E-state index is 4.28. The largest absolute Gasteiger partial charge is 0.151 e. The van der Waals surface area contributed by atoms with E-state index in [2.05, 4.69) is 62.2 Å². The van der Waals surface area contributed by atoms with Gasteiger partial charge in [0.2, 0.25) is 0 Å². The third kappa shape index (κ3) is 3.77. The van der Waals surface area contributed by atoms with E-state index in [-0.39, 0.29) is 5.41 Å². The number of benzene rings is 2. The summed E-state index contributed by atoms with van der Waals surface area (Å²) in [5.74, 6) is 0. The average molecular weight is 266 g/mol. The molecule has 2 nitrogen and oxygen atoms in total. The van der Waals surface area contributed by atoms with Gasteiger partial charge in [0.15, 0.2) is 0 Å². The highest BCUT2D eigenvalue weighted by Crippen LogP contribution is 2.25. The van der Waals surface area contributed by atoms with E-state index in [9.17, 15) is 0 Å². The van der Waals surface area contributed by atoms with Crippen molar-refractivity contribution in [3.05, 3.63) is 59.7 Å². The molecule has 0 saturated carbocycles. The highest BCUT2D eigenvalue weighted by molar-refractivity contribution is 5.42. The summed E-state index contributed by atoms with van der Waals surface area (Å²) in [5, 5.41) is 8.55. The molecule has 0 aliphatic carbocycles. The van der Waals surface area contributed by atoms with Gasteiger partial charge in [0, 0.05) is 0 Å². The monoisotopic (exact) mass is 266 g/mol. The summed E-state index contributed by atoms with van der Waals surface area (Å²) in [5.41, 5.74) is 4.58. The second-order valence-electron chi connectivity index (χ2n) is 6.02. The Morgan fingerprint density at radius 3 is 1.60 bits per heavy atom. The highest BCUT2D eigenvalue weighted by Gasteiger charge is 2.12. The molecule has 0 aromatic heterocycles. The molecule has 2 heteroatoms. The van der Waals surface area contributed by atoms with E-state index in [1.165, 1.54) is 11.1 Å². The molecule has 0 bridgehead atoms. The molecule has 2 rings (SSSR count). The standard InChI is InChI=1S/C18H22N2/c1-5-14-6-10-16(11-7-14)19-20-17-12-8-15(9-13-17)18(2,3)4/h6-13H,5H2,1-4H3. The number of hydrogen-bond acceptors (Lipinski definition) is 2. The molecule has 0 aliphatic rings. The van der Waals surface area contributed by atoms with Crippen molar-refractivity contribution >= 4 is 11.4 Å². The molecule has 0 saturated heterocycles. The summed E-state index contributed by atoms with van der Waals surface area (Å²) in [6, 6.07) is 16.5. The molecule has 0 radical (unpaired) electrons. The van der Waals surface area contributed by atoms with Crippen LogP contribution in [0.5, 0.6) is 0 Å². The normalized spacial score (nSPS) is 12.0. The fraction of sp³-hybridized carbons (Fsp3) is 0.333. The van der Waals surface area contributed by atoms with Crippen molar-refractivity contribution in [2.24, 2.45) is 10.2 Å². The SMILES string of the molecule is CCc1ccc(N=Nc2ccc(C(C)(C)C)cc2)cc1. The van der Waals surface area contributed by atoms with Crippen molar-refractivity contribution in [1.82, 2.24) is 0 Å². The van der Waals surface area contributed by atoms with E-state index in [4.69, 9.17) is 0 Å². The van der Waals surface area contributed by atoms with Gasteiger partial charge in [0.05, 0.1) is 11.4 Å². The van der Waals surface area contributed by atoms with Gasteiger partial charge in [-0.05, 0) is 47.2 Å². The molecule has 2 aromatic carbocycles. The first-order chi connectivity index (χ1) is 9.49. The highest BCUT2D eigenvalue weighted by atomic mass is 15.1. The lowest BCUT2D eigenvalue weighted by Gasteiger charge is -2.18. The minimum atomic E-state index is 0.172. The lowest BCUT2D eigenvalue weighted by molar-refractivity contribution is 0.590. The van der Waals surface area contributed by atoms with E-state index < -0.39 is 0 Å². The second-order valence-corrected chi connectivity index (χ2v) is 6.02. The quantitative estimate of drug-likeness (QED) is 0.612. The van der Waals surface area contributed by atoms with E-state index >= 15 is 0 Å². The molecule has 2 aromatic rings. The van der Waals surface area contributed by atoms with E-state index in [1.54, 1.807) is 0 Å². The zero-order valence-electron chi connectivity index (χ0n) is 12.7. The van der Waals surface area contributed by atoms with Gasteiger partial charge < -0.3 is 0 Å². The fourth-order valence-electron chi connectivity index (χ4n) is 1.94. The maximum absolute atomic E-state index is 4.28. The maximum Gasteiger partial charge on any atom is 0.0857 e. The van der Waals surface area contributed by atoms with Crippen LogP contribution in [0.2, 0.25) is 0 Å². The Bertz CT molecular complexity index is 572. The van der Waals surface area contributed by atoms with Crippen LogP contribution in [-0.2, 0) is 11.8 Å². The summed E-state index contributed by atoms with van der Waals surface area (Å²) in [6.07, 6.45) is 1.05. The van der Waals surface area contributed by atoms with E-state index in [0.29, 0.717) is 0 Å². The number of hydrogen-bond donors (Lipinski definition) is 0. The molecular formula is C18H22N2. The number of rotatable bonds is 3. The summed E-state index contributed by atoms with van der Waals surface area (Å²) in [6.45, 7) is 8.77. The minimum absolute atomic E-state index is 0.172. The molecule has 0 spiro atoms. The molecule has 104 valence electrons. The van der Waals surface area contributed by atoms with Crippen LogP contribution in [0.25, 0.3) is 0 Å². The zero-order valence-corrected chi connectivity index (χ0v) is 12.7. The molecule has 0 amide bonds. The van der Waals surface area contributed by atoms with Gasteiger partial charge in [-0.3, -0.25) is 0 Å². The van der Waals surface area contributed by atoms with Gasteiger partial charge >= 0.3 is 0 Å². The lowest BCUT2D eigenvalue weighted by Crippen LogP contribution is -2.10. The summed E-state index contributed by atoms with van der Waals surface area (Å²) >= 11 is 0. The molecule has 20 heavy (non-hydrogen) atoms. The Balaban J connectivity index is 2.10. The first kappa shape index (κ1) is 14.4. The Labute approximate surface area is 121 Å². The van der Waals surface area contributed by atoms with Crippen molar-refractivity contribution < 1.29 is 0 Å². The average Bonchev–Trinajstić information content (AvgIpc) is 2.45. The first-order valence-electron chi connectivity index (χ1n) is 7.10. The predicted octanol–water partition coefficient (Wildman–Crippen LogP) is 5.96. The fourth-order valence-corrected chi connectivity index (χ4v) is 1.94. The third-order valence-electron chi connectivity index (χ3n) is 3.36. The van der Waals surface area contributed by atoms with Crippen LogP contribution in [0.4, 0.5) is 11.4 Å². The van der Waals surface area contributed by atoms with Crippen LogP contribution in [0.3, 0.4) is 0 Å². The number of azo groups is 1. The van der Waals surface area contributed by atoms with Crippen LogP contribution >= 0.6 is 0 Å². The van der Waals surface area contributed by atoms with Crippen molar-refractivity contribution in [1.29, 1.82) is 0 Å². The van der Waals surface area contributed by atoms with Gasteiger partial charge in [-0.2, -0.15) is 10.2 Å². The van der Waals surface area contributed by atoms with Gasteiger partial charge in [-0.1, -0.05) is 52.0 Å². The first-order valence-corrected chi connectivity index (χ1v) is 7.10. The Morgan fingerprint density at radius 2 is 1.20 bits per heavy atom. The van der Waals surface area contributed by atoms with Crippen LogP contribution < -0.4 is 0 Å². The third-order valence-corrected chi connectivity index (χ3v) is 3.36. The van der Waals surface area contributed by atoms with E-state index in [0.717, 1.165) is 17.8 Å². The smallest absolute Gasteiger partial charge is 0.0857 e. The van der Waals surface area contributed by atoms with Crippen molar-refractivity contribution in [3.8, 4) is 0 Å². The lowest BCUT2D eigenvalue weighted by atomic mass is 9.87. The predicted molar refractivity (Wildman–Crippen MR) is 85.1 cm³/mol. The molecule has 0 unspecified atom stereocenters. The summed E-state index contributed by atoms with van der Waals surface area (Å²) in [4.78, 5) is 0. The minimum Gasteiger partial charge on any atom is -0.151 e. The number of aryl methyl sites for hydroxylation is 1. The van der Waals surface area contributed by atoms with Gasteiger partial charge in [-0.25, -0.2) is 0 Å². The molecular weight excluding hydrogens is 244 g/mol. The second kappa shape index (κ2) is 6.00. The Kier molecular flexibility index (Phi) is 4.33. The van der Waals surface area contributed by atoms with Crippen molar-refractivity contribution in [2.45, 2.75) is 39.5 Å². The molecule has 0 N–H and O–H groups in total.